The minimum atomic E-state index is -3.99. The highest BCUT2D eigenvalue weighted by atomic mass is 32.2. The Hall–Kier alpha value is -2.88. The zero-order chi connectivity index (χ0) is 22.0. The van der Waals surface area contributed by atoms with E-state index in [0.717, 1.165) is 38.2 Å². The van der Waals surface area contributed by atoms with Crippen molar-refractivity contribution in [1.29, 1.82) is 0 Å². The molecule has 160 valence electrons. The van der Waals surface area contributed by atoms with Crippen molar-refractivity contribution in [2.45, 2.75) is 23.1 Å². The molecule has 1 saturated heterocycles. The van der Waals surface area contributed by atoms with Crippen molar-refractivity contribution in [3.05, 3.63) is 83.5 Å². The second-order valence-electron chi connectivity index (χ2n) is 7.05. The van der Waals surface area contributed by atoms with Gasteiger partial charge in [0.1, 0.15) is 16.1 Å². The van der Waals surface area contributed by atoms with Crippen molar-refractivity contribution in [2.75, 3.05) is 11.4 Å². The van der Waals surface area contributed by atoms with Crippen LogP contribution in [0.25, 0.3) is 0 Å². The quantitative estimate of drug-likeness (QED) is 0.509. The van der Waals surface area contributed by atoms with Crippen LogP contribution in [0.4, 0.5) is 10.1 Å². The van der Waals surface area contributed by atoms with Crippen LogP contribution >= 0.6 is 11.3 Å². The molecule has 2 aromatic carbocycles. The number of imide groups is 1. The molecule has 0 N–H and O–H groups in total. The Balaban J connectivity index is 1.67. The number of hydrogen-bond acceptors (Lipinski definition) is 5. The van der Waals surface area contributed by atoms with E-state index < -0.39 is 33.7 Å². The summed E-state index contributed by atoms with van der Waals surface area (Å²) in [6.45, 7) is 0.0468. The van der Waals surface area contributed by atoms with Gasteiger partial charge in [0.05, 0.1) is 12.1 Å². The van der Waals surface area contributed by atoms with Gasteiger partial charge >= 0.3 is 0 Å². The second-order valence-corrected chi connectivity index (χ2v) is 10.1. The maximum Gasteiger partial charge on any atom is 0.253 e. The summed E-state index contributed by atoms with van der Waals surface area (Å²) in [5.74, 6) is -1.65. The fraction of sp³-hybridized carbons (Fsp3) is 0.182. The number of anilines is 1. The van der Waals surface area contributed by atoms with Gasteiger partial charge in [-0.25, -0.2) is 17.7 Å². The van der Waals surface area contributed by atoms with E-state index in [1.807, 2.05) is 30.3 Å². The number of hydrogen-bond donors (Lipinski definition) is 0. The first-order valence-corrected chi connectivity index (χ1v) is 11.9. The van der Waals surface area contributed by atoms with Crippen molar-refractivity contribution < 1.29 is 22.4 Å². The number of rotatable bonds is 7. The molecule has 1 aromatic heterocycles. The minimum absolute atomic E-state index is 0.0468. The molecular weight excluding hydrogens is 439 g/mol. The van der Waals surface area contributed by atoms with Crippen LogP contribution in [0, 0.1) is 5.82 Å². The molecule has 1 aliphatic rings. The molecule has 2 heterocycles. The van der Waals surface area contributed by atoms with Crippen LogP contribution in [0.1, 0.15) is 12.0 Å². The Morgan fingerprint density at radius 1 is 1.00 bits per heavy atom. The van der Waals surface area contributed by atoms with Gasteiger partial charge in [-0.2, -0.15) is 4.31 Å². The van der Waals surface area contributed by atoms with Crippen molar-refractivity contribution >= 4 is 38.9 Å². The van der Waals surface area contributed by atoms with Crippen LogP contribution in [0.15, 0.2) is 76.3 Å². The van der Waals surface area contributed by atoms with E-state index in [1.54, 1.807) is 11.4 Å². The van der Waals surface area contributed by atoms with Gasteiger partial charge in [-0.3, -0.25) is 9.59 Å². The molecule has 1 fully saturated rings. The van der Waals surface area contributed by atoms with Gasteiger partial charge in [-0.05, 0) is 47.7 Å². The summed E-state index contributed by atoms with van der Waals surface area (Å²) in [4.78, 5) is 26.8. The maximum absolute atomic E-state index is 13.3. The number of sulfonamides is 1. The highest BCUT2D eigenvalue weighted by Gasteiger charge is 2.47. The molecule has 6 nitrogen and oxygen atoms in total. The molecule has 9 heteroatoms. The number of amides is 2. The Morgan fingerprint density at radius 3 is 2.35 bits per heavy atom. The fourth-order valence-electron chi connectivity index (χ4n) is 3.56. The van der Waals surface area contributed by atoms with Crippen LogP contribution in [0.2, 0.25) is 0 Å². The summed E-state index contributed by atoms with van der Waals surface area (Å²) in [6, 6.07) is 16.2. The molecule has 0 spiro atoms. The van der Waals surface area contributed by atoms with E-state index in [9.17, 15) is 22.4 Å². The molecule has 31 heavy (non-hydrogen) atoms. The highest BCUT2D eigenvalue weighted by molar-refractivity contribution is 7.91. The third kappa shape index (κ3) is 4.30. The van der Waals surface area contributed by atoms with E-state index in [0.29, 0.717) is 6.42 Å². The molecule has 0 aliphatic carbocycles. The van der Waals surface area contributed by atoms with Crippen molar-refractivity contribution in [1.82, 2.24) is 4.31 Å². The average molecular weight is 459 g/mol. The molecule has 2 amide bonds. The highest BCUT2D eigenvalue weighted by Crippen LogP contribution is 2.31. The molecule has 1 aliphatic heterocycles. The van der Waals surface area contributed by atoms with E-state index >= 15 is 0 Å². The van der Waals surface area contributed by atoms with E-state index in [1.165, 1.54) is 18.2 Å². The molecule has 0 saturated carbocycles. The summed E-state index contributed by atoms with van der Waals surface area (Å²) in [5.41, 5.74) is 1.14. The molecular formula is C22H19FN2O4S2. The molecule has 3 aromatic rings. The van der Waals surface area contributed by atoms with E-state index in [4.69, 9.17) is 0 Å². The number of halogens is 1. The second kappa shape index (κ2) is 8.70. The Labute approximate surface area is 183 Å². The number of carbonyl (C=O) groups excluding carboxylic acids is 2. The van der Waals surface area contributed by atoms with Crippen LogP contribution < -0.4 is 4.90 Å². The Morgan fingerprint density at radius 2 is 1.71 bits per heavy atom. The summed E-state index contributed by atoms with van der Waals surface area (Å²) < 4.78 is 41.2. The van der Waals surface area contributed by atoms with Gasteiger partial charge in [0, 0.05) is 6.54 Å². The van der Waals surface area contributed by atoms with Crippen LogP contribution in [0.3, 0.4) is 0 Å². The first kappa shape index (κ1) is 21.4. The zero-order valence-electron chi connectivity index (χ0n) is 16.3. The first-order chi connectivity index (χ1) is 14.9. The van der Waals surface area contributed by atoms with Crippen LogP contribution in [-0.2, 0) is 26.0 Å². The number of thiophene rings is 1. The summed E-state index contributed by atoms with van der Waals surface area (Å²) in [7, 11) is -3.99. The van der Waals surface area contributed by atoms with Gasteiger partial charge in [0.2, 0.25) is 5.91 Å². The summed E-state index contributed by atoms with van der Waals surface area (Å²) >= 11 is 1.06. The van der Waals surface area contributed by atoms with Gasteiger partial charge in [0.25, 0.3) is 15.9 Å². The molecule has 4 rings (SSSR count). The lowest BCUT2D eigenvalue weighted by Crippen LogP contribution is -2.46. The molecule has 1 atom stereocenters. The van der Waals surface area contributed by atoms with Crippen LogP contribution in [0.5, 0.6) is 0 Å². The van der Waals surface area contributed by atoms with Gasteiger partial charge in [0.15, 0.2) is 0 Å². The maximum atomic E-state index is 13.3. The van der Waals surface area contributed by atoms with Crippen molar-refractivity contribution in [3.63, 3.8) is 0 Å². The predicted molar refractivity (Wildman–Crippen MR) is 116 cm³/mol. The lowest BCUT2D eigenvalue weighted by Gasteiger charge is -2.26. The molecule has 1 unspecified atom stereocenters. The number of benzene rings is 2. The van der Waals surface area contributed by atoms with Gasteiger partial charge in [-0.15, -0.1) is 11.3 Å². The van der Waals surface area contributed by atoms with E-state index in [-0.39, 0.29) is 22.9 Å². The third-order valence-corrected chi connectivity index (χ3v) is 8.36. The van der Waals surface area contributed by atoms with Gasteiger partial charge < -0.3 is 0 Å². The fourth-order valence-corrected chi connectivity index (χ4v) is 6.26. The smallest absolute Gasteiger partial charge is 0.253 e. The predicted octanol–water partition coefficient (Wildman–Crippen LogP) is 3.45. The Bertz CT molecular complexity index is 1180. The normalized spacial score (nSPS) is 17.0. The standard InChI is InChI=1S/C22H19FN2O4S2/c23-17-8-10-18(11-9-17)25-20(26)15-19(22(25)27)24(13-12-16-5-2-1-3-6-16)31(28,29)21-7-4-14-30-21/h1-11,14,19H,12-13,15H2. The van der Waals surface area contributed by atoms with Crippen LogP contribution in [-0.4, -0.2) is 37.1 Å². The third-order valence-electron chi connectivity index (χ3n) is 5.08. The zero-order valence-corrected chi connectivity index (χ0v) is 18.0. The molecule has 0 radical (unpaired) electrons. The summed E-state index contributed by atoms with van der Waals surface area (Å²) in [5, 5.41) is 1.65. The summed E-state index contributed by atoms with van der Waals surface area (Å²) in [6.07, 6.45) is 0.121. The van der Waals surface area contributed by atoms with Gasteiger partial charge in [-0.1, -0.05) is 36.4 Å². The topological polar surface area (TPSA) is 74.8 Å². The number of carbonyl (C=O) groups is 2. The monoisotopic (exact) mass is 458 g/mol. The Kier molecular flexibility index (Phi) is 5.99. The number of nitrogens with zero attached hydrogens (tertiary/aromatic N) is 2. The first-order valence-electron chi connectivity index (χ1n) is 9.59. The van der Waals surface area contributed by atoms with E-state index in [2.05, 4.69) is 0 Å². The SMILES string of the molecule is O=C1CC(N(CCc2ccccc2)S(=O)(=O)c2cccs2)C(=O)N1c1ccc(F)cc1. The molecule has 0 bridgehead atoms. The average Bonchev–Trinajstić information content (AvgIpc) is 3.39. The van der Waals surface area contributed by atoms with Crippen molar-refractivity contribution in [3.8, 4) is 0 Å². The minimum Gasteiger partial charge on any atom is -0.274 e. The lowest BCUT2D eigenvalue weighted by molar-refractivity contribution is -0.122. The van der Waals surface area contributed by atoms with Crippen molar-refractivity contribution in [2.24, 2.45) is 0 Å². The largest absolute Gasteiger partial charge is 0.274 e. The lowest BCUT2D eigenvalue weighted by atomic mass is 10.1.